The van der Waals surface area contributed by atoms with Crippen molar-refractivity contribution in [3.05, 3.63) is 58.7 Å². The number of rotatable bonds is 0. The Morgan fingerprint density at radius 2 is 1.26 bits per heavy atom. The monoisotopic (exact) mass is 362 g/mol. The van der Waals surface area contributed by atoms with E-state index in [1.54, 1.807) is 36.4 Å². The molecule has 5 heteroatoms. The molecule has 0 radical (unpaired) electrons. The van der Waals surface area contributed by atoms with Crippen LogP contribution in [0.2, 0.25) is 0 Å². The molecule has 27 heavy (non-hydrogen) atoms. The van der Waals surface area contributed by atoms with E-state index in [9.17, 15) is 15.0 Å². The number of fused-ring (bicyclic) bond motifs is 4. The highest BCUT2D eigenvalue weighted by Gasteiger charge is 2.54. The Hall–Kier alpha value is -3.21. The molecule has 136 valence electrons. The van der Waals surface area contributed by atoms with Gasteiger partial charge in [0.2, 0.25) is 0 Å². The number of hydrogen-bond donors (Lipinski definition) is 2. The summed E-state index contributed by atoms with van der Waals surface area (Å²) in [5, 5.41) is 20.3. The van der Waals surface area contributed by atoms with E-state index < -0.39 is 17.6 Å². The minimum absolute atomic E-state index is 0.0416. The predicted octanol–water partition coefficient (Wildman–Crippen LogP) is 3.70. The van der Waals surface area contributed by atoms with Crippen LogP contribution in [0.1, 0.15) is 25.0 Å². The molecule has 2 aliphatic heterocycles. The fourth-order valence-electron chi connectivity index (χ4n) is 4.20. The first-order valence-corrected chi connectivity index (χ1v) is 8.83. The van der Waals surface area contributed by atoms with Crippen LogP contribution in [-0.4, -0.2) is 28.2 Å². The van der Waals surface area contributed by atoms with Gasteiger partial charge in [0.05, 0.1) is 0 Å². The molecule has 2 heterocycles. The van der Waals surface area contributed by atoms with E-state index in [0.717, 1.165) is 0 Å². The Balaban J connectivity index is 1.70. The third-order valence-corrected chi connectivity index (χ3v) is 5.58. The molecule has 0 unspecified atom stereocenters. The maximum absolute atomic E-state index is 13.2. The minimum Gasteiger partial charge on any atom is -0.504 e. The number of hydrogen-bond acceptors (Lipinski definition) is 5. The van der Waals surface area contributed by atoms with Crippen LogP contribution >= 0.6 is 0 Å². The first-order valence-electron chi connectivity index (χ1n) is 8.83. The number of phenolic OH excluding ortho intramolecular Hbond substituents is 2. The summed E-state index contributed by atoms with van der Waals surface area (Å²) in [4.78, 5) is 13.2. The van der Waals surface area contributed by atoms with Crippen molar-refractivity contribution in [2.24, 2.45) is 5.41 Å². The molecule has 5 rings (SSSR count). The van der Waals surface area contributed by atoms with Gasteiger partial charge in [0.15, 0.2) is 28.8 Å². The molecule has 2 aromatic carbocycles. The SMILES string of the molecule is CC1(C)[C@@H]2Oc3c(O)cccc3C=C2C(=O)C2=Cc3cccc(O)c3O[C@H]21. The van der Waals surface area contributed by atoms with E-state index in [-0.39, 0.29) is 17.3 Å². The molecule has 1 aliphatic carbocycles. The summed E-state index contributed by atoms with van der Waals surface area (Å²) in [7, 11) is 0. The van der Waals surface area contributed by atoms with E-state index in [4.69, 9.17) is 9.47 Å². The zero-order valence-corrected chi connectivity index (χ0v) is 14.9. The highest BCUT2D eigenvalue weighted by Crippen LogP contribution is 2.52. The second-order valence-electron chi connectivity index (χ2n) is 7.74. The smallest absolute Gasteiger partial charge is 0.192 e. The maximum Gasteiger partial charge on any atom is 0.192 e. The van der Waals surface area contributed by atoms with Crippen molar-refractivity contribution in [3.8, 4) is 23.0 Å². The topological polar surface area (TPSA) is 76.0 Å². The number of aromatic hydroxyl groups is 2. The fraction of sp³-hybridized carbons (Fsp3) is 0.227. The molecule has 3 aliphatic rings. The molecule has 0 spiro atoms. The van der Waals surface area contributed by atoms with Crippen LogP contribution in [0.5, 0.6) is 23.0 Å². The van der Waals surface area contributed by atoms with Gasteiger partial charge in [-0.2, -0.15) is 0 Å². The van der Waals surface area contributed by atoms with Gasteiger partial charge in [0, 0.05) is 27.7 Å². The van der Waals surface area contributed by atoms with Gasteiger partial charge in [-0.05, 0) is 24.3 Å². The van der Waals surface area contributed by atoms with Crippen molar-refractivity contribution in [2.45, 2.75) is 26.1 Å². The summed E-state index contributed by atoms with van der Waals surface area (Å²) in [6.45, 7) is 3.93. The van der Waals surface area contributed by atoms with Gasteiger partial charge in [0.25, 0.3) is 0 Å². The van der Waals surface area contributed by atoms with Gasteiger partial charge in [-0.3, -0.25) is 4.79 Å². The first-order chi connectivity index (χ1) is 12.9. The quantitative estimate of drug-likeness (QED) is 0.747. The maximum atomic E-state index is 13.2. The molecule has 0 amide bonds. The normalized spacial score (nSPS) is 24.1. The number of phenols is 2. The molecule has 2 atom stereocenters. The van der Waals surface area contributed by atoms with Gasteiger partial charge < -0.3 is 19.7 Å². The van der Waals surface area contributed by atoms with E-state index in [1.807, 2.05) is 26.0 Å². The standard InChI is InChI=1S/C22H18O5/c1-22(2)20-13(9-11-5-3-7-15(23)18(11)26-20)17(25)14-10-12-6-4-8-16(24)19(12)27-21(14)22/h3-10,20-21,23-24H,1-2H3/t20-,21-/m1/s1. The molecule has 0 bridgehead atoms. The molecule has 1 fully saturated rings. The summed E-state index contributed by atoms with van der Waals surface area (Å²) in [6, 6.07) is 10.2. The molecule has 1 saturated carbocycles. The second kappa shape index (κ2) is 5.16. The lowest BCUT2D eigenvalue weighted by atomic mass is 9.65. The van der Waals surface area contributed by atoms with Crippen LogP contribution in [-0.2, 0) is 4.79 Å². The van der Waals surface area contributed by atoms with Gasteiger partial charge in [0.1, 0.15) is 12.2 Å². The Bertz CT molecular complexity index is 979. The molecule has 0 saturated heterocycles. The van der Waals surface area contributed by atoms with E-state index in [0.29, 0.717) is 33.8 Å². The Morgan fingerprint density at radius 1 is 0.815 bits per heavy atom. The third-order valence-electron chi connectivity index (χ3n) is 5.58. The summed E-state index contributed by atoms with van der Waals surface area (Å²) in [5.41, 5.74) is 1.85. The number of Topliss-reactive ketones (excluding diaryl/α,β-unsaturated/α-hetero) is 1. The van der Waals surface area contributed by atoms with Gasteiger partial charge >= 0.3 is 0 Å². The Labute approximate surface area is 156 Å². The van der Waals surface area contributed by atoms with Crippen molar-refractivity contribution >= 4 is 17.9 Å². The van der Waals surface area contributed by atoms with E-state index in [2.05, 4.69) is 0 Å². The summed E-state index contributed by atoms with van der Waals surface area (Å²) >= 11 is 0. The van der Waals surface area contributed by atoms with Gasteiger partial charge in [-0.1, -0.05) is 38.1 Å². The first kappa shape index (κ1) is 16.0. The van der Waals surface area contributed by atoms with Gasteiger partial charge in [-0.15, -0.1) is 0 Å². The highest BCUT2D eigenvalue weighted by molar-refractivity contribution is 6.17. The van der Waals surface area contributed by atoms with Crippen molar-refractivity contribution in [1.82, 2.24) is 0 Å². The Morgan fingerprint density at radius 3 is 1.70 bits per heavy atom. The number of ether oxygens (including phenoxy) is 2. The van der Waals surface area contributed by atoms with Crippen LogP contribution < -0.4 is 9.47 Å². The van der Waals surface area contributed by atoms with Crippen LogP contribution in [0.15, 0.2) is 47.5 Å². The van der Waals surface area contributed by atoms with E-state index >= 15 is 0 Å². The second-order valence-corrected chi connectivity index (χ2v) is 7.74. The van der Waals surface area contributed by atoms with E-state index in [1.165, 1.54) is 0 Å². The number of ketones is 1. The average Bonchev–Trinajstić information content (AvgIpc) is 2.65. The molecular formula is C22H18O5. The van der Waals surface area contributed by atoms with Crippen molar-refractivity contribution < 1.29 is 24.5 Å². The van der Waals surface area contributed by atoms with Crippen LogP contribution in [0.25, 0.3) is 12.2 Å². The number of carbonyl (C=O) groups excluding carboxylic acids is 1. The summed E-state index contributed by atoms with van der Waals surface area (Å²) in [5.74, 6) is 0.699. The fourth-order valence-corrected chi connectivity index (χ4v) is 4.20. The lowest BCUT2D eigenvalue weighted by molar-refractivity contribution is -0.119. The number of benzene rings is 2. The lowest BCUT2D eigenvalue weighted by Crippen LogP contribution is -2.56. The largest absolute Gasteiger partial charge is 0.504 e. The molecule has 2 N–H and O–H groups in total. The van der Waals surface area contributed by atoms with Crippen molar-refractivity contribution in [3.63, 3.8) is 0 Å². The summed E-state index contributed by atoms with van der Waals surface area (Å²) < 4.78 is 12.2. The van der Waals surface area contributed by atoms with Crippen LogP contribution in [0, 0.1) is 5.41 Å². The Kier molecular flexibility index (Phi) is 3.06. The van der Waals surface area contributed by atoms with Crippen molar-refractivity contribution in [2.75, 3.05) is 0 Å². The molecule has 5 nitrogen and oxygen atoms in total. The number of para-hydroxylation sites is 2. The van der Waals surface area contributed by atoms with Crippen LogP contribution in [0.3, 0.4) is 0 Å². The molecule has 2 aromatic rings. The third kappa shape index (κ3) is 2.08. The number of carbonyl (C=O) groups is 1. The van der Waals surface area contributed by atoms with Gasteiger partial charge in [-0.25, -0.2) is 0 Å². The van der Waals surface area contributed by atoms with Crippen molar-refractivity contribution in [1.29, 1.82) is 0 Å². The summed E-state index contributed by atoms with van der Waals surface area (Å²) in [6.07, 6.45) is 2.45. The minimum atomic E-state index is -0.606. The van der Waals surface area contributed by atoms with Crippen LogP contribution in [0.4, 0.5) is 0 Å². The zero-order chi connectivity index (χ0) is 18.9. The molecular weight excluding hydrogens is 344 g/mol. The highest BCUT2D eigenvalue weighted by atomic mass is 16.5. The molecule has 0 aromatic heterocycles. The average molecular weight is 362 g/mol. The zero-order valence-electron chi connectivity index (χ0n) is 14.9. The lowest BCUT2D eigenvalue weighted by Gasteiger charge is -2.48. The predicted molar refractivity (Wildman–Crippen MR) is 99.8 cm³/mol.